The van der Waals surface area contributed by atoms with Crippen molar-refractivity contribution in [2.75, 3.05) is 11.3 Å². The van der Waals surface area contributed by atoms with E-state index in [0.717, 1.165) is 17.5 Å². The predicted molar refractivity (Wildman–Crippen MR) is 103 cm³/mol. The average Bonchev–Trinajstić information content (AvgIpc) is 2.62. The Morgan fingerprint density at radius 2 is 1.96 bits per heavy atom. The maximum atomic E-state index is 12.7. The van der Waals surface area contributed by atoms with Crippen molar-refractivity contribution in [2.24, 2.45) is 0 Å². The zero-order chi connectivity index (χ0) is 18.9. The van der Waals surface area contributed by atoms with Crippen LogP contribution in [0, 0.1) is 6.92 Å². The fourth-order valence-corrected chi connectivity index (χ4v) is 4.69. The molecule has 0 spiro atoms. The van der Waals surface area contributed by atoms with Gasteiger partial charge in [0.2, 0.25) is 5.91 Å². The summed E-state index contributed by atoms with van der Waals surface area (Å²) in [7, 11) is -3.74. The molecular weight excluding hydrogens is 372 g/mol. The second kappa shape index (κ2) is 7.29. The predicted octanol–water partition coefficient (Wildman–Crippen LogP) is 3.74. The van der Waals surface area contributed by atoms with Gasteiger partial charge in [-0.15, -0.1) is 0 Å². The maximum absolute atomic E-state index is 12.7. The number of fused-ring (bicyclic) bond motifs is 1. The SMILES string of the molecule is CCC(=O)N1CCc2ccc(NS(=O)(=O)c3cc(Cl)ccc3C)cc2C1. The monoisotopic (exact) mass is 392 g/mol. The molecule has 3 rings (SSSR count). The molecule has 1 heterocycles. The number of hydrogen-bond donors (Lipinski definition) is 1. The normalized spacial score (nSPS) is 14.0. The van der Waals surface area contributed by atoms with Crippen molar-refractivity contribution in [3.63, 3.8) is 0 Å². The molecule has 26 heavy (non-hydrogen) atoms. The van der Waals surface area contributed by atoms with Crippen LogP contribution in [0.15, 0.2) is 41.3 Å². The Bertz CT molecular complexity index is 957. The molecule has 0 bridgehead atoms. The van der Waals surface area contributed by atoms with Crippen LogP contribution in [0.25, 0.3) is 0 Å². The van der Waals surface area contributed by atoms with Gasteiger partial charge in [-0.25, -0.2) is 8.42 Å². The molecule has 1 amide bonds. The van der Waals surface area contributed by atoms with Crippen LogP contribution in [0.4, 0.5) is 5.69 Å². The van der Waals surface area contributed by atoms with Gasteiger partial charge in [-0.05, 0) is 54.3 Å². The van der Waals surface area contributed by atoms with Crippen LogP contribution in [0.5, 0.6) is 0 Å². The number of rotatable bonds is 4. The van der Waals surface area contributed by atoms with E-state index in [1.807, 2.05) is 24.0 Å². The third kappa shape index (κ3) is 3.86. The van der Waals surface area contributed by atoms with Crippen molar-refractivity contribution in [2.45, 2.75) is 38.1 Å². The first-order valence-electron chi connectivity index (χ1n) is 8.48. The summed E-state index contributed by atoms with van der Waals surface area (Å²) >= 11 is 5.95. The number of halogens is 1. The molecule has 2 aromatic rings. The summed E-state index contributed by atoms with van der Waals surface area (Å²) in [4.78, 5) is 13.9. The number of benzene rings is 2. The van der Waals surface area contributed by atoms with E-state index in [4.69, 9.17) is 11.6 Å². The van der Waals surface area contributed by atoms with Crippen LogP contribution >= 0.6 is 11.6 Å². The lowest BCUT2D eigenvalue weighted by atomic mass is 9.99. The minimum atomic E-state index is -3.74. The molecule has 0 aromatic heterocycles. The van der Waals surface area contributed by atoms with Gasteiger partial charge >= 0.3 is 0 Å². The highest BCUT2D eigenvalue weighted by Crippen LogP contribution is 2.26. The van der Waals surface area contributed by atoms with Gasteiger partial charge in [0.1, 0.15) is 0 Å². The van der Waals surface area contributed by atoms with Crippen LogP contribution in [0.2, 0.25) is 5.02 Å². The second-order valence-corrected chi connectivity index (χ2v) is 8.50. The number of carbonyl (C=O) groups is 1. The summed E-state index contributed by atoms with van der Waals surface area (Å²) < 4.78 is 28.1. The molecule has 1 aliphatic rings. The number of hydrogen-bond acceptors (Lipinski definition) is 3. The van der Waals surface area contributed by atoms with Gasteiger partial charge in [-0.3, -0.25) is 9.52 Å². The molecule has 0 atom stereocenters. The van der Waals surface area contributed by atoms with Gasteiger partial charge in [0.05, 0.1) is 4.90 Å². The Balaban J connectivity index is 1.87. The molecule has 7 heteroatoms. The van der Waals surface area contributed by atoms with Crippen LogP contribution < -0.4 is 4.72 Å². The maximum Gasteiger partial charge on any atom is 0.262 e. The Labute approximate surface area is 159 Å². The van der Waals surface area contributed by atoms with Crippen molar-refractivity contribution < 1.29 is 13.2 Å². The first-order chi connectivity index (χ1) is 12.3. The molecule has 0 saturated heterocycles. The minimum Gasteiger partial charge on any atom is -0.338 e. The summed E-state index contributed by atoms with van der Waals surface area (Å²) in [5, 5.41) is 0.370. The number of nitrogens with zero attached hydrogens (tertiary/aromatic N) is 1. The highest BCUT2D eigenvalue weighted by Gasteiger charge is 2.22. The van der Waals surface area contributed by atoms with Gasteiger partial charge in [-0.2, -0.15) is 0 Å². The van der Waals surface area contributed by atoms with E-state index in [0.29, 0.717) is 35.8 Å². The first-order valence-corrected chi connectivity index (χ1v) is 10.3. The van der Waals surface area contributed by atoms with E-state index in [2.05, 4.69) is 4.72 Å². The smallest absolute Gasteiger partial charge is 0.262 e. The molecule has 0 fully saturated rings. The Morgan fingerprint density at radius 3 is 2.69 bits per heavy atom. The van der Waals surface area contributed by atoms with Gasteiger partial charge in [0.15, 0.2) is 0 Å². The van der Waals surface area contributed by atoms with Crippen LogP contribution in [0.3, 0.4) is 0 Å². The number of amides is 1. The van der Waals surface area contributed by atoms with Crippen LogP contribution in [-0.4, -0.2) is 25.8 Å². The first kappa shape index (κ1) is 18.7. The summed E-state index contributed by atoms with van der Waals surface area (Å²) in [6, 6.07) is 10.3. The fraction of sp³-hybridized carbons (Fsp3) is 0.316. The number of carbonyl (C=O) groups excluding carboxylic acids is 1. The van der Waals surface area contributed by atoms with Gasteiger partial charge in [0, 0.05) is 30.2 Å². The minimum absolute atomic E-state index is 0.108. The van der Waals surface area contributed by atoms with Crippen molar-refractivity contribution in [1.82, 2.24) is 4.90 Å². The standard InChI is InChI=1S/C19H21ClN2O3S/c1-3-19(23)22-9-8-14-5-7-17(10-15(14)12-22)21-26(24,25)18-11-16(20)6-4-13(18)2/h4-7,10-11,21H,3,8-9,12H2,1-2H3. The van der Waals surface area contributed by atoms with E-state index in [1.165, 1.54) is 6.07 Å². The van der Waals surface area contributed by atoms with Crippen molar-refractivity contribution >= 4 is 33.2 Å². The van der Waals surface area contributed by atoms with Gasteiger partial charge < -0.3 is 4.90 Å². The summed E-state index contributed by atoms with van der Waals surface area (Å²) in [6.45, 7) is 4.78. The second-order valence-electron chi connectivity index (χ2n) is 6.42. The molecule has 5 nitrogen and oxygen atoms in total. The Kier molecular flexibility index (Phi) is 5.25. The molecule has 0 unspecified atom stereocenters. The number of anilines is 1. The molecule has 0 aliphatic carbocycles. The third-order valence-corrected chi connectivity index (χ3v) is 6.32. The topological polar surface area (TPSA) is 66.5 Å². The highest BCUT2D eigenvalue weighted by molar-refractivity contribution is 7.92. The number of aryl methyl sites for hydroxylation is 1. The van der Waals surface area contributed by atoms with Gasteiger partial charge in [0.25, 0.3) is 10.0 Å². The zero-order valence-electron chi connectivity index (χ0n) is 14.8. The van der Waals surface area contributed by atoms with Crippen molar-refractivity contribution in [3.8, 4) is 0 Å². The van der Waals surface area contributed by atoms with E-state index < -0.39 is 10.0 Å². The van der Waals surface area contributed by atoms with E-state index >= 15 is 0 Å². The average molecular weight is 393 g/mol. The van der Waals surface area contributed by atoms with E-state index in [9.17, 15) is 13.2 Å². The molecule has 2 aromatic carbocycles. The molecule has 138 valence electrons. The summed E-state index contributed by atoms with van der Waals surface area (Å²) in [5.41, 5.74) is 3.22. The number of nitrogens with one attached hydrogen (secondary N) is 1. The Hall–Kier alpha value is -2.05. The van der Waals surface area contributed by atoms with Crippen LogP contribution in [-0.2, 0) is 27.8 Å². The molecule has 1 N–H and O–H groups in total. The van der Waals surface area contributed by atoms with E-state index in [1.54, 1.807) is 25.1 Å². The van der Waals surface area contributed by atoms with Crippen molar-refractivity contribution in [3.05, 3.63) is 58.1 Å². The fourth-order valence-electron chi connectivity index (χ4n) is 3.13. The Morgan fingerprint density at radius 1 is 1.19 bits per heavy atom. The lowest BCUT2D eigenvalue weighted by molar-refractivity contribution is -0.131. The summed E-state index contributed by atoms with van der Waals surface area (Å²) in [6.07, 6.45) is 1.25. The zero-order valence-corrected chi connectivity index (χ0v) is 16.3. The summed E-state index contributed by atoms with van der Waals surface area (Å²) in [5.74, 6) is 0.108. The quantitative estimate of drug-likeness (QED) is 0.861. The van der Waals surface area contributed by atoms with E-state index in [-0.39, 0.29) is 10.8 Å². The highest BCUT2D eigenvalue weighted by atomic mass is 35.5. The lowest BCUT2D eigenvalue weighted by Crippen LogP contribution is -2.35. The molecule has 1 aliphatic heterocycles. The lowest BCUT2D eigenvalue weighted by Gasteiger charge is -2.29. The largest absolute Gasteiger partial charge is 0.338 e. The molecular formula is C19H21ClN2O3S. The third-order valence-electron chi connectivity index (χ3n) is 4.57. The molecule has 0 saturated carbocycles. The number of sulfonamides is 1. The van der Waals surface area contributed by atoms with Gasteiger partial charge in [-0.1, -0.05) is 30.7 Å². The van der Waals surface area contributed by atoms with Crippen LogP contribution in [0.1, 0.15) is 30.0 Å². The van der Waals surface area contributed by atoms with Crippen molar-refractivity contribution in [1.29, 1.82) is 0 Å². The molecule has 0 radical (unpaired) electrons.